The first kappa shape index (κ1) is 26.9. The topological polar surface area (TPSA) is 107 Å². The molecule has 35 heavy (non-hydrogen) atoms. The number of hydrogen-bond donors (Lipinski definition) is 1. The van der Waals surface area contributed by atoms with E-state index in [1.165, 1.54) is 12.1 Å². The van der Waals surface area contributed by atoms with Crippen LogP contribution >= 0.6 is 0 Å². The number of likely N-dealkylation sites (tertiary alicyclic amines) is 1. The Balaban J connectivity index is 1.83. The molecule has 1 aliphatic rings. The van der Waals surface area contributed by atoms with Crippen molar-refractivity contribution < 1.29 is 22.2 Å². The van der Waals surface area contributed by atoms with Crippen molar-refractivity contribution in [3.8, 4) is 0 Å². The largest absolute Gasteiger partial charge is 0.342 e. The molecule has 7 nitrogen and oxygen atoms in total. The summed E-state index contributed by atoms with van der Waals surface area (Å²) in [6.45, 7) is 7.23. The summed E-state index contributed by atoms with van der Waals surface area (Å²) in [5.74, 6) is -1.07. The van der Waals surface area contributed by atoms with E-state index in [4.69, 9.17) is 9.92 Å². The van der Waals surface area contributed by atoms with Crippen molar-refractivity contribution in [2.75, 3.05) is 19.6 Å². The third-order valence-corrected chi connectivity index (χ3v) is 7.96. The van der Waals surface area contributed by atoms with Gasteiger partial charge in [0.25, 0.3) is 0 Å². The fraction of sp³-hybridized carbons (Fsp3) is 0.481. The SMILES string of the molecule is Cc1ccc(S(=O)(=O)OC(=O)CC2(CC(C)C)C(=O)N(CCc3ccccc3)CC2CCN)cc1. The quantitative estimate of drug-likeness (QED) is 0.472. The van der Waals surface area contributed by atoms with Gasteiger partial charge in [0.05, 0.1) is 11.8 Å². The molecule has 2 atom stereocenters. The van der Waals surface area contributed by atoms with Gasteiger partial charge in [-0.25, -0.2) is 0 Å². The number of carbonyl (C=O) groups excluding carboxylic acids is 2. The minimum absolute atomic E-state index is 0.0879. The third-order valence-electron chi connectivity index (χ3n) is 6.71. The summed E-state index contributed by atoms with van der Waals surface area (Å²) in [4.78, 5) is 28.5. The van der Waals surface area contributed by atoms with Gasteiger partial charge in [-0.2, -0.15) is 8.42 Å². The Kier molecular flexibility index (Phi) is 8.72. The fourth-order valence-corrected chi connectivity index (χ4v) is 5.99. The van der Waals surface area contributed by atoms with Crippen LogP contribution in [0.1, 0.15) is 44.2 Å². The Labute approximate surface area is 208 Å². The van der Waals surface area contributed by atoms with Gasteiger partial charge in [-0.3, -0.25) is 9.59 Å². The number of nitrogens with two attached hydrogens (primary N) is 1. The molecule has 0 aromatic heterocycles. The molecule has 2 N–H and O–H groups in total. The van der Waals surface area contributed by atoms with Gasteiger partial charge in [0.1, 0.15) is 4.90 Å². The van der Waals surface area contributed by atoms with Gasteiger partial charge in [-0.05, 0) is 62.3 Å². The molecule has 2 aromatic carbocycles. The Morgan fingerprint density at radius 3 is 2.40 bits per heavy atom. The Morgan fingerprint density at radius 1 is 1.14 bits per heavy atom. The number of benzene rings is 2. The second-order valence-corrected chi connectivity index (χ2v) is 11.5. The summed E-state index contributed by atoms with van der Waals surface area (Å²) in [6, 6.07) is 16.0. The van der Waals surface area contributed by atoms with Crippen LogP contribution in [0.3, 0.4) is 0 Å². The van der Waals surface area contributed by atoms with Crippen LogP contribution in [0.15, 0.2) is 59.5 Å². The lowest BCUT2D eigenvalue weighted by Crippen LogP contribution is -2.41. The number of hydrogen-bond acceptors (Lipinski definition) is 6. The first-order valence-corrected chi connectivity index (χ1v) is 13.6. The van der Waals surface area contributed by atoms with Crippen LogP contribution in [-0.2, 0) is 30.3 Å². The molecule has 1 heterocycles. The lowest BCUT2D eigenvalue weighted by Gasteiger charge is -2.33. The average Bonchev–Trinajstić information content (AvgIpc) is 3.03. The van der Waals surface area contributed by atoms with Gasteiger partial charge >= 0.3 is 16.1 Å². The van der Waals surface area contributed by atoms with Crippen LogP contribution < -0.4 is 5.73 Å². The number of nitrogens with zero attached hydrogens (tertiary/aromatic N) is 1. The zero-order valence-corrected chi connectivity index (χ0v) is 21.6. The Bertz CT molecular complexity index is 1120. The predicted molar refractivity (Wildman–Crippen MR) is 135 cm³/mol. The van der Waals surface area contributed by atoms with E-state index in [2.05, 4.69) is 0 Å². The monoisotopic (exact) mass is 500 g/mol. The smallest absolute Gasteiger partial charge is 0.341 e. The van der Waals surface area contributed by atoms with Crippen molar-refractivity contribution >= 4 is 22.0 Å². The molecule has 0 bridgehead atoms. The van der Waals surface area contributed by atoms with E-state index in [0.717, 1.165) is 11.1 Å². The molecule has 1 aliphatic heterocycles. The maximum atomic E-state index is 13.8. The van der Waals surface area contributed by atoms with Crippen molar-refractivity contribution in [2.24, 2.45) is 23.0 Å². The maximum Gasteiger partial charge on any atom is 0.341 e. The van der Waals surface area contributed by atoms with E-state index in [0.29, 0.717) is 38.9 Å². The summed E-state index contributed by atoms with van der Waals surface area (Å²) in [6.07, 6.45) is 1.43. The predicted octanol–water partition coefficient (Wildman–Crippen LogP) is 3.70. The van der Waals surface area contributed by atoms with Crippen molar-refractivity contribution in [2.45, 2.75) is 51.3 Å². The Morgan fingerprint density at radius 2 is 1.80 bits per heavy atom. The molecule has 2 unspecified atom stereocenters. The van der Waals surface area contributed by atoms with Crippen LogP contribution in [0.5, 0.6) is 0 Å². The third kappa shape index (κ3) is 6.49. The summed E-state index contributed by atoms with van der Waals surface area (Å²) in [5, 5.41) is 0. The second-order valence-electron chi connectivity index (χ2n) is 9.91. The number of aryl methyl sites for hydroxylation is 1. The van der Waals surface area contributed by atoms with Crippen LogP contribution in [0.2, 0.25) is 0 Å². The van der Waals surface area contributed by atoms with E-state index in [1.54, 1.807) is 17.0 Å². The minimum atomic E-state index is -4.28. The second kappa shape index (κ2) is 11.4. The molecule has 1 saturated heterocycles. The molecule has 190 valence electrons. The van der Waals surface area contributed by atoms with E-state index < -0.39 is 21.5 Å². The summed E-state index contributed by atoms with van der Waals surface area (Å²) >= 11 is 0. The highest BCUT2D eigenvalue weighted by Crippen LogP contribution is 2.47. The van der Waals surface area contributed by atoms with Crippen molar-refractivity contribution in [1.29, 1.82) is 0 Å². The summed E-state index contributed by atoms with van der Waals surface area (Å²) in [5.41, 5.74) is 6.87. The van der Waals surface area contributed by atoms with Crippen molar-refractivity contribution in [1.82, 2.24) is 4.90 Å². The zero-order valence-electron chi connectivity index (χ0n) is 20.8. The highest BCUT2D eigenvalue weighted by Gasteiger charge is 2.54. The van der Waals surface area contributed by atoms with Gasteiger partial charge in [-0.1, -0.05) is 61.9 Å². The molecule has 0 radical (unpaired) electrons. The first-order chi connectivity index (χ1) is 16.6. The number of carbonyl (C=O) groups is 2. The normalized spacial score (nSPS) is 20.4. The molecule has 3 rings (SSSR count). The maximum absolute atomic E-state index is 13.8. The highest BCUT2D eigenvalue weighted by atomic mass is 32.2. The van der Waals surface area contributed by atoms with Gasteiger partial charge in [0.2, 0.25) is 5.91 Å². The number of amides is 1. The molecule has 0 aliphatic carbocycles. The molecule has 2 aromatic rings. The first-order valence-electron chi connectivity index (χ1n) is 12.1. The zero-order chi connectivity index (χ0) is 25.6. The van der Waals surface area contributed by atoms with E-state index >= 15 is 0 Å². The average molecular weight is 501 g/mol. The van der Waals surface area contributed by atoms with E-state index in [-0.39, 0.29) is 29.1 Å². The molecule has 0 spiro atoms. The molecule has 8 heteroatoms. The lowest BCUT2D eigenvalue weighted by atomic mass is 9.68. The number of rotatable bonds is 11. The lowest BCUT2D eigenvalue weighted by molar-refractivity contribution is -0.147. The minimum Gasteiger partial charge on any atom is -0.342 e. The van der Waals surface area contributed by atoms with Crippen LogP contribution in [0.25, 0.3) is 0 Å². The standard InChI is InChI=1S/C27H36N2O5S/c1-20(2)17-27(18-25(30)34-35(32,33)24-11-9-21(3)10-12-24)23(13-15-28)19-29(26(27)31)16-14-22-7-5-4-6-8-22/h4-12,20,23H,13-19,28H2,1-3H3. The van der Waals surface area contributed by atoms with Gasteiger partial charge in [0, 0.05) is 13.1 Å². The summed E-state index contributed by atoms with van der Waals surface area (Å²) < 4.78 is 30.4. The van der Waals surface area contributed by atoms with E-state index in [9.17, 15) is 18.0 Å². The molecular formula is C27H36N2O5S. The van der Waals surface area contributed by atoms with Crippen molar-refractivity contribution in [3.05, 3.63) is 65.7 Å². The van der Waals surface area contributed by atoms with Crippen LogP contribution in [0.4, 0.5) is 0 Å². The summed E-state index contributed by atoms with van der Waals surface area (Å²) in [7, 11) is -4.28. The van der Waals surface area contributed by atoms with Crippen molar-refractivity contribution in [3.63, 3.8) is 0 Å². The van der Waals surface area contributed by atoms with Crippen LogP contribution in [-0.4, -0.2) is 44.8 Å². The molecule has 1 fully saturated rings. The highest BCUT2D eigenvalue weighted by molar-refractivity contribution is 7.87. The Hall–Kier alpha value is -2.71. The fourth-order valence-electron chi connectivity index (χ4n) is 5.12. The molecular weight excluding hydrogens is 464 g/mol. The van der Waals surface area contributed by atoms with Gasteiger partial charge < -0.3 is 14.8 Å². The van der Waals surface area contributed by atoms with Gasteiger partial charge in [0.15, 0.2) is 0 Å². The van der Waals surface area contributed by atoms with Crippen LogP contribution in [0, 0.1) is 24.2 Å². The van der Waals surface area contributed by atoms with E-state index in [1.807, 2.05) is 51.1 Å². The molecule has 1 amide bonds. The van der Waals surface area contributed by atoms with Gasteiger partial charge in [-0.15, -0.1) is 0 Å². The molecule has 0 saturated carbocycles.